The van der Waals surface area contributed by atoms with E-state index in [2.05, 4.69) is 25.9 Å². The Morgan fingerprint density at radius 2 is 2.04 bits per heavy atom. The third-order valence-corrected chi connectivity index (χ3v) is 5.33. The van der Waals surface area contributed by atoms with Crippen LogP contribution in [0.1, 0.15) is 12.0 Å². The predicted molar refractivity (Wildman–Crippen MR) is 81.7 cm³/mol. The van der Waals surface area contributed by atoms with Crippen molar-refractivity contribution in [3.63, 3.8) is 0 Å². The Bertz CT molecular complexity index is 892. The largest absolute Gasteiger partial charge is 0.463 e. The van der Waals surface area contributed by atoms with Gasteiger partial charge < -0.3 is 14.5 Å². The third-order valence-electron chi connectivity index (χ3n) is 3.71. The summed E-state index contributed by atoms with van der Waals surface area (Å²) in [6.07, 6.45) is 0.930. The van der Waals surface area contributed by atoms with Crippen LogP contribution in [-0.4, -0.2) is 32.3 Å². The Hall–Kier alpha value is -1.29. The Kier molecular flexibility index (Phi) is 4.34. The Morgan fingerprint density at radius 3 is 2.60 bits per heavy atom. The van der Waals surface area contributed by atoms with Crippen LogP contribution in [0.5, 0.6) is 6.01 Å². The molecular weight excluding hydrogens is 435 g/mol. The molecule has 1 aromatic heterocycles. The molecule has 3 rings (SSSR count). The van der Waals surface area contributed by atoms with Gasteiger partial charge in [-0.3, -0.25) is 4.57 Å². The number of rotatable bonds is 5. The molecule has 1 aromatic carbocycles. The smallest absolute Gasteiger partial charge is 0.399 e. The van der Waals surface area contributed by atoms with Crippen LogP contribution in [0.3, 0.4) is 0 Å². The van der Waals surface area contributed by atoms with Crippen molar-refractivity contribution in [1.82, 2.24) is 9.97 Å². The number of alkyl halides is 4. The highest BCUT2D eigenvalue weighted by Gasteiger charge is 2.57. The van der Waals surface area contributed by atoms with E-state index >= 15 is 0 Å². The summed E-state index contributed by atoms with van der Waals surface area (Å²) in [5.74, 6) is -3.72. The second-order valence-electron chi connectivity index (χ2n) is 5.60. The summed E-state index contributed by atoms with van der Waals surface area (Å²) in [5, 5.41) is 0.293. The summed E-state index contributed by atoms with van der Waals surface area (Å²) in [6.45, 7) is -0.319. The van der Waals surface area contributed by atoms with Gasteiger partial charge in [-0.1, -0.05) is 15.9 Å². The van der Waals surface area contributed by atoms with E-state index in [0.717, 1.165) is 6.07 Å². The van der Waals surface area contributed by atoms with E-state index in [-0.39, 0.29) is 29.0 Å². The molecule has 1 aliphatic rings. The number of hydrogen-bond donors (Lipinski definition) is 2. The molecule has 0 amide bonds. The lowest BCUT2D eigenvalue weighted by atomic mass is 10.1. The van der Waals surface area contributed by atoms with Crippen LogP contribution in [0, 0.1) is 5.92 Å². The van der Waals surface area contributed by atoms with Gasteiger partial charge in [0.1, 0.15) is 6.61 Å². The lowest BCUT2D eigenvalue weighted by Crippen LogP contribution is -2.14. The molecule has 1 aliphatic carbocycles. The maximum absolute atomic E-state index is 13.9. The standard InChI is InChI=1S/C13H10BrF4N2O4P/c14-9-1-6-4-19-11(24-5-7-3-12(7,15)16)20-10(6)2-8(9)13(17,18)25(21,22)23/h1-2,4,7H,3,5H2,(H2,21,22,23)/t7-/m1/s1. The van der Waals surface area contributed by atoms with Crippen molar-refractivity contribution in [3.05, 3.63) is 28.4 Å². The SMILES string of the molecule is O=P(O)(O)C(F)(F)c1cc2nc(OC[C@H]3CC3(F)F)ncc2cc1Br. The summed E-state index contributed by atoms with van der Waals surface area (Å²) in [7, 11) is -5.76. The lowest BCUT2D eigenvalue weighted by Gasteiger charge is -2.19. The van der Waals surface area contributed by atoms with Gasteiger partial charge in [0, 0.05) is 28.0 Å². The highest BCUT2D eigenvalue weighted by atomic mass is 79.9. The van der Waals surface area contributed by atoms with Crippen molar-refractivity contribution >= 4 is 34.4 Å². The van der Waals surface area contributed by atoms with Crippen molar-refractivity contribution in [1.29, 1.82) is 0 Å². The number of ether oxygens (including phenoxy) is 1. The van der Waals surface area contributed by atoms with Gasteiger partial charge in [0.25, 0.3) is 5.92 Å². The molecule has 1 saturated carbocycles. The minimum Gasteiger partial charge on any atom is -0.463 e. The topological polar surface area (TPSA) is 92.5 Å². The quantitative estimate of drug-likeness (QED) is 0.540. The molecule has 1 fully saturated rings. The van der Waals surface area contributed by atoms with E-state index in [4.69, 9.17) is 14.5 Å². The van der Waals surface area contributed by atoms with Crippen LogP contribution in [-0.2, 0) is 10.2 Å². The molecule has 2 aromatic rings. The maximum atomic E-state index is 13.9. The Morgan fingerprint density at radius 1 is 1.40 bits per heavy atom. The molecule has 0 unspecified atom stereocenters. The summed E-state index contributed by atoms with van der Waals surface area (Å²) >= 11 is 2.84. The molecule has 0 aliphatic heterocycles. The summed E-state index contributed by atoms with van der Waals surface area (Å²) in [5.41, 5.74) is -5.45. The van der Waals surface area contributed by atoms with Gasteiger partial charge in [-0.15, -0.1) is 0 Å². The average Bonchev–Trinajstić information content (AvgIpc) is 3.10. The lowest BCUT2D eigenvalue weighted by molar-refractivity contribution is 0.0558. The summed E-state index contributed by atoms with van der Waals surface area (Å²) in [4.78, 5) is 25.4. The van der Waals surface area contributed by atoms with Gasteiger partial charge in [-0.2, -0.15) is 13.8 Å². The monoisotopic (exact) mass is 444 g/mol. The maximum Gasteiger partial charge on any atom is 0.399 e. The molecule has 25 heavy (non-hydrogen) atoms. The molecule has 12 heteroatoms. The molecule has 1 atom stereocenters. The van der Waals surface area contributed by atoms with Crippen LogP contribution < -0.4 is 4.74 Å². The van der Waals surface area contributed by atoms with E-state index in [1.807, 2.05) is 0 Å². The second-order valence-corrected chi connectivity index (χ2v) is 8.11. The molecule has 0 spiro atoms. The zero-order chi connectivity index (χ0) is 18.6. The van der Waals surface area contributed by atoms with Gasteiger partial charge in [0.05, 0.1) is 11.4 Å². The number of hydrogen-bond acceptors (Lipinski definition) is 4. The van der Waals surface area contributed by atoms with Gasteiger partial charge in [-0.05, 0) is 12.1 Å². The third kappa shape index (κ3) is 3.51. The molecule has 1 heterocycles. The minimum absolute atomic E-state index is 0.0705. The molecule has 0 saturated heterocycles. The average molecular weight is 445 g/mol. The van der Waals surface area contributed by atoms with Crippen molar-refractivity contribution < 1.29 is 36.7 Å². The predicted octanol–water partition coefficient (Wildman–Crippen LogP) is 3.65. The molecule has 136 valence electrons. The summed E-state index contributed by atoms with van der Waals surface area (Å²) < 4.78 is 69.4. The van der Waals surface area contributed by atoms with Crippen molar-refractivity contribution in [2.24, 2.45) is 5.92 Å². The van der Waals surface area contributed by atoms with Gasteiger partial charge in [-0.25, -0.2) is 13.8 Å². The molecule has 0 radical (unpaired) electrons. The van der Waals surface area contributed by atoms with Crippen LogP contribution in [0.15, 0.2) is 22.8 Å². The van der Waals surface area contributed by atoms with E-state index < -0.39 is 30.7 Å². The Labute approximate surface area is 146 Å². The van der Waals surface area contributed by atoms with E-state index in [1.165, 1.54) is 12.3 Å². The number of aromatic nitrogens is 2. The van der Waals surface area contributed by atoms with Crippen LogP contribution in [0.4, 0.5) is 17.6 Å². The van der Waals surface area contributed by atoms with Gasteiger partial charge in [0.2, 0.25) is 0 Å². The zero-order valence-corrected chi connectivity index (χ0v) is 14.6. The van der Waals surface area contributed by atoms with E-state index in [1.54, 1.807) is 0 Å². The van der Waals surface area contributed by atoms with Crippen LogP contribution in [0.2, 0.25) is 0 Å². The second kappa shape index (κ2) is 5.87. The fraction of sp³-hybridized carbons (Fsp3) is 0.385. The first-order valence-corrected chi connectivity index (χ1v) is 9.23. The van der Waals surface area contributed by atoms with Crippen LogP contribution in [0.25, 0.3) is 10.9 Å². The van der Waals surface area contributed by atoms with Gasteiger partial charge in [0.15, 0.2) is 0 Å². The van der Waals surface area contributed by atoms with Gasteiger partial charge >= 0.3 is 19.3 Å². The summed E-state index contributed by atoms with van der Waals surface area (Å²) in [6, 6.07) is 1.68. The minimum atomic E-state index is -5.76. The molecule has 6 nitrogen and oxygen atoms in total. The number of nitrogens with zero attached hydrogens (tertiary/aromatic N) is 2. The zero-order valence-electron chi connectivity index (χ0n) is 12.2. The highest BCUT2D eigenvalue weighted by molar-refractivity contribution is 9.10. The van der Waals surface area contributed by atoms with Crippen molar-refractivity contribution in [3.8, 4) is 6.01 Å². The fourth-order valence-electron chi connectivity index (χ4n) is 2.12. The van der Waals surface area contributed by atoms with E-state index in [9.17, 15) is 22.1 Å². The number of halogens is 5. The highest BCUT2D eigenvalue weighted by Crippen LogP contribution is 2.60. The van der Waals surface area contributed by atoms with Crippen LogP contribution >= 0.6 is 23.5 Å². The number of benzene rings is 1. The number of fused-ring (bicyclic) bond motifs is 1. The van der Waals surface area contributed by atoms with Crippen molar-refractivity contribution in [2.75, 3.05) is 6.61 Å². The fourth-order valence-corrected chi connectivity index (χ4v) is 3.38. The normalized spacial score (nSPS) is 19.9. The molecule has 0 bridgehead atoms. The molecular formula is C13H10BrF4N2O4P. The molecule has 2 N–H and O–H groups in total. The Balaban J connectivity index is 1.93. The first kappa shape index (κ1) is 18.5. The first-order chi connectivity index (χ1) is 11.4. The van der Waals surface area contributed by atoms with Crippen molar-refractivity contribution in [2.45, 2.75) is 18.0 Å². The first-order valence-electron chi connectivity index (χ1n) is 6.83. The van der Waals surface area contributed by atoms with E-state index in [0.29, 0.717) is 5.39 Å².